The Labute approximate surface area is 193 Å². The minimum atomic E-state index is -4.30. The topological polar surface area (TPSA) is 71.1 Å². The maximum absolute atomic E-state index is 12.2. The first kappa shape index (κ1) is 28.6. The fourth-order valence-electron chi connectivity index (χ4n) is 3.34. The maximum atomic E-state index is 12.2. The van der Waals surface area contributed by atoms with Gasteiger partial charge in [-0.2, -0.15) is 13.2 Å². The van der Waals surface area contributed by atoms with Crippen LogP contribution in [0.2, 0.25) is 0 Å². The smallest absolute Gasteiger partial charge is 0.494 e. The van der Waals surface area contributed by atoms with Crippen LogP contribution in [0.25, 0.3) is 0 Å². The van der Waals surface area contributed by atoms with Crippen LogP contribution in [0.4, 0.5) is 18.0 Å². The van der Waals surface area contributed by atoms with Crippen LogP contribution in [-0.4, -0.2) is 39.1 Å². The molecule has 33 heavy (non-hydrogen) atoms. The fourth-order valence-corrected chi connectivity index (χ4v) is 3.34. The lowest BCUT2D eigenvalue weighted by Gasteiger charge is -2.27. The quantitative estimate of drug-likeness (QED) is 0.384. The summed E-state index contributed by atoms with van der Waals surface area (Å²) in [6, 6.07) is 4.83. The van der Waals surface area contributed by atoms with E-state index in [-0.39, 0.29) is 11.7 Å². The predicted octanol–water partition coefficient (Wildman–Crippen LogP) is 6.41. The van der Waals surface area contributed by atoms with Crippen LogP contribution in [-0.2, 0) is 25.2 Å². The molecule has 1 aliphatic carbocycles. The first-order valence-corrected chi connectivity index (χ1v) is 11.4. The van der Waals surface area contributed by atoms with Crippen molar-refractivity contribution in [2.75, 3.05) is 26.9 Å². The molecule has 0 bridgehead atoms. The second-order valence-electron chi connectivity index (χ2n) is 7.90. The van der Waals surface area contributed by atoms with E-state index in [1.807, 2.05) is 0 Å². The highest BCUT2D eigenvalue weighted by atomic mass is 19.4. The van der Waals surface area contributed by atoms with E-state index in [4.69, 9.17) is 14.2 Å². The zero-order valence-electron chi connectivity index (χ0n) is 19.6. The zero-order chi connectivity index (χ0) is 24.7. The highest BCUT2D eigenvalue weighted by Crippen LogP contribution is 2.31. The van der Waals surface area contributed by atoms with Gasteiger partial charge in [0.25, 0.3) is 0 Å². The van der Waals surface area contributed by atoms with Gasteiger partial charge in [-0.15, -0.1) is 0 Å². The second kappa shape index (κ2) is 15.4. The van der Waals surface area contributed by atoms with Crippen molar-refractivity contribution in [3.05, 3.63) is 29.8 Å². The molecule has 6 nitrogen and oxygen atoms in total. The van der Waals surface area contributed by atoms with E-state index in [2.05, 4.69) is 11.7 Å². The molecule has 0 aliphatic heterocycles. The number of methoxy groups -OCH3 is 1. The van der Waals surface area contributed by atoms with Crippen LogP contribution in [0.3, 0.4) is 0 Å². The van der Waals surface area contributed by atoms with Crippen molar-refractivity contribution in [3.8, 4) is 5.75 Å². The van der Waals surface area contributed by atoms with Gasteiger partial charge in [-0.05, 0) is 69.1 Å². The highest BCUT2D eigenvalue weighted by molar-refractivity contribution is 5.69. The number of alkyl halides is 3. The summed E-state index contributed by atoms with van der Waals surface area (Å²) in [5, 5.41) is 0. The molecule has 1 aromatic carbocycles. The Kier molecular flexibility index (Phi) is 13.3. The minimum absolute atomic E-state index is 0.0806. The van der Waals surface area contributed by atoms with E-state index < -0.39 is 17.9 Å². The van der Waals surface area contributed by atoms with Gasteiger partial charge in [0.1, 0.15) is 5.75 Å². The summed E-state index contributed by atoms with van der Waals surface area (Å²) >= 11 is 0. The van der Waals surface area contributed by atoms with Crippen LogP contribution in [0.5, 0.6) is 5.75 Å². The number of halogens is 3. The predicted molar refractivity (Wildman–Crippen MR) is 117 cm³/mol. The van der Waals surface area contributed by atoms with Gasteiger partial charge in [0.05, 0.1) is 32.5 Å². The summed E-state index contributed by atoms with van der Waals surface area (Å²) in [7, 11) is 1.31. The molecular weight excluding hydrogens is 441 g/mol. The van der Waals surface area contributed by atoms with E-state index in [1.54, 1.807) is 6.92 Å². The number of hydrogen-bond acceptors (Lipinski definition) is 6. The Morgan fingerprint density at radius 1 is 1.00 bits per heavy atom. The fraction of sp³-hybridized carbons (Fsp3) is 0.667. The van der Waals surface area contributed by atoms with Crippen molar-refractivity contribution in [2.45, 2.75) is 65.0 Å². The van der Waals surface area contributed by atoms with Gasteiger partial charge >= 0.3 is 18.3 Å². The summed E-state index contributed by atoms with van der Waals surface area (Å²) in [4.78, 5) is 22.3. The van der Waals surface area contributed by atoms with Gasteiger partial charge in [-0.1, -0.05) is 19.4 Å². The molecule has 0 unspecified atom stereocenters. The van der Waals surface area contributed by atoms with Crippen molar-refractivity contribution in [1.82, 2.24) is 0 Å². The maximum Gasteiger partial charge on any atom is 0.507 e. The SMILES string of the molecule is CCCCC(=O)OCC1CCC(COC(=O)OC)CC1.CCOc1cccc(C(F)(F)F)c1. The van der Waals surface area contributed by atoms with Gasteiger partial charge in [0.15, 0.2) is 0 Å². The molecule has 188 valence electrons. The molecule has 0 radical (unpaired) electrons. The number of unbranched alkanes of at least 4 members (excludes halogenated alkanes) is 1. The largest absolute Gasteiger partial charge is 0.507 e. The summed E-state index contributed by atoms with van der Waals surface area (Å²) in [6.07, 6.45) is 1.59. The van der Waals surface area contributed by atoms with Gasteiger partial charge < -0.3 is 18.9 Å². The van der Waals surface area contributed by atoms with Gasteiger partial charge in [0.2, 0.25) is 0 Å². The Balaban J connectivity index is 0.000000361. The summed E-state index contributed by atoms with van der Waals surface area (Å²) in [5.41, 5.74) is -0.682. The number of carbonyl (C=O) groups excluding carboxylic acids is 2. The molecule has 0 heterocycles. The number of carbonyl (C=O) groups is 2. The second-order valence-corrected chi connectivity index (χ2v) is 7.90. The summed E-state index contributed by atoms with van der Waals surface area (Å²) in [5.74, 6) is 1.02. The molecule has 1 aromatic rings. The molecule has 0 amide bonds. The van der Waals surface area contributed by atoms with E-state index >= 15 is 0 Å². The summed E-state index contributed by atoms with van der Waals surface area (Å²) < 4.78 is 56.1. The Hall–Kier alpha value is -2.45. The first-order valence-electron chi connectivity index (χ1n) is 11.4. The van der Waals surface area contributed by atoms with Crippen molar-refractivity contribution in [2.24, 2.45) is 11.8 Å². The van der Waals surface area contributed by atoms with Crippen LogP contribution in [0, 0.1) is 11.8 Å². The molecule has 0 aromatic heterocycles. The molecule has 0 atom stereocenters. The van der Waals surface area contributed by atoms with E-state index in [0.717, 1.165) is 50.7 Å². The molecular formula is C24H35F3O6. The lowest BCUT2D eigenvalue weighted by molar-refractivity contribution is -0.145. The Bertz CT molecular complexity index is 700. The molecule has 0 N–H and O–H groups in total. The van der Waals surface area contributed by atoms with E-state index in [9.17, 15) is 22.8 Å². The average Bonchev–Trinajstić information content (AvgIpc) is 2.80. The third-order valence-electron chi connectivity index (χ3n) is 5.26. The van der Waals surface area contributed by atoms with E-state index in [0.29, 0.717) is 38.1 Å². The van der Waals surface area contributed by atoms with Crippen molar-refractivity contribution < 1.29 is 41.7 Å². The molecule has 2 rings (SSSR count). The molecule has 0 spiro atoms. The Morgan fingerprint density at radius 3 is 2.12 bits per heavy atom. The number of hydrogen-bond donors (Lipinski definition) is 0. The van der Waals surface area contributed by atoms with Crippen LogP contribution < -0.4 is 4.74 Å². The number of esters is 1. The molecule has 0 saturated heterocycles. The summed E-state index contributed by atoms with van der Waals surface area (Å²) in [6.45, 7) is 5.11. The number of ether oxygens (including phenoxy) is 4. The highest BCUT2D eigenvalue weighted by Gasteiger charge is 2.30. The monoisotopic (exact) mass is 476 g/mol. The van der Waals surface area contributed by atoms with Gasteiger partial charge in [0, 0.05) is 6.42 Å². The average molecular weight is 477 g/mol. The lowest BCUT2D eigenvalue weighted by Crippen LogP contribution is -2.23. The lowest BCUT2D eigenvalue weighted by atomic mass is 9.83. The third-order valence-corrected chi connectivity index (χ3v) is 5.26. The zero-order valence-corrected chi connectivity index (χ0v) is 19.6. The van der Waals surface area contributed by atoms with Gasteiger partial charge in [-0.25, -0.2) is 4.79 Å². The first-order chi connectivity index (χ1) is 15.7. The number of rotatable bonds is 9. The Morgan fingerprint density at radius 2 is 1.61 bits per heavy atom. The van der Waals surface area contributed by atoms with Crippen molar-refractivity contribution in [3.63, 3.8) is 0 Å². The van der Waals surface area contributed by atoms with E-state index in [1.165, 1.54) is 19.2 Å². The minimum Gasteiger partial charge on any atom is -0.494 e. The number of benzene rings is 1. The molecule has 1 aliphatic rings. The molecule has 1 fully saturated rings. The van der Waals surface area contributed by atoms with Crippen LogP contribution >= 0.6 is 0 Å². The van der Waals surface area contributed by atoms with Crippen molar-refractivity contribution >= 4 is 12.1 Å². The molecule has 1 saturated carbocycles. The van der Waals surface area contributed by atoms with Crippen LogP contribution in [0.1, 0.15) is 64.4 Å². The van der Waals surface area contributed by atoms with Gasteiger partial charge in [-0.3, -0.25) is 4.79 Å². The third kappa shape index (κ3) is 12.4. The molecule has 9 heteroatoms. The van der Waals surface area contributed by atoms with Crippen LogP contribution in [0.15, 0.2) is 24.3 Å². The normalized spacial score (nSPS) is 17.9. The standard InChI is InChI=1S/C15H26O5.C9H9F3O/c1-3-4-5-14(16)19-10-12-6-8-13(9-7-12)11-20-15(17)18-2;1-2-13-8-5-3-4-7(6-8)9(10,11)12/h12-13H,3-11H2,1-2H3;3-6H,2H2,1H3. The van der Waals surface area contributed by atoms with Crippen molar-refractivity contribution in [1.29, 1.82) is 0 Å².